The molecule has 0 N–H and O–H groups in total. The predicted octanol–water partition coefficient (Wildman–Crippen LogP) is 16.0. The normalized spacial score (nSPS) is 36.8. The molecule has 6 aliphatic rings. The van der Waals surface area contributed by atoms with E-state index in [1.807, 2.05) is 0 Å². The molecule has 0 aliphatic heterocycles. The van der Waals surface area contributed by atoms with E-state index in [-0.39, 0.29) is 10.8 Å². The molecule has 0 atom stereocenters. The summed E-state index contributed by atoms with van der Waals surface area (Å²) in [6.45, 7) is 11.3. The molecule has 0 saturated heterocycles. The summed E-state index contributed by atoms with van der Waals surface area (Å²) in [5, 5.41) is 0. The van der Waals surface area contributed by atoms with E-state index in [2.05, 4.69) is 76.3 Å². The van der Waals surface area contributed by atoms with Crippen molar-refractivity contribution in [1.82, 2.24) is 0 Å². The highest BCUT2D eigenvalue weighted by Gasteiger charge is 2.54. The third-order valence-electron chi connectivity index (χ3n) is 17.0. The van der Waals surface area contributed by atoms with Gasteiger partial charge in [-0.05, 0) is 98.7 Å². The van der Waals surface area contributed by atoms with E-state index in [1.165, 1.54) is 180 Å². The van der Waals surface area contributed by atoms with Gasteiger partial charge in [-0.2, -0.15) is 0 Å². The molecule has 0 amide bonds. The zero-order valence-corrected chi connectivity index (χ0v) is 35.7. The van der Waals surface area contributed by atoms with Gasteiger partial charge in [-0.1, -0.05) is 192 Å². The fourth-order valence-electron chi connectivity index (χ4n) is 14.2. The van der Waals surface area contributed by atoms with Gasteiger partial charge in [-0.3, -0.25) is 0 Å². The Hall–Kier alpha value is -1.08. The number of ether oxygens (including phenoxy) is 1. The Balaban J connectivity index is 1.07. The molecule has 0 spiro atoms. The van der Waals surface area contributed by atoms with Gasteiger partial charge >= 0.3 is 0 Å². The second-order valence-electron chi connectivity index (χ2n) is 20.0. The van der Waals surface area contributed by atoms with E-state index < -0.39 is 0 Å². The van der Waals surface area contributed by atoms with Crippen LogP contribution in [0.3, 0.4) is 0 Å². The highest BCUT2D eigenvalue weighted by Crippen LogP contribution is 2.64. The van der Waals surface area contributed by atoms with Crippen LogP contribution in [0, 0.1) is 57.2 Å². The average Bonchev–Trinajstić information content (AvgIpc) is 3.21. The summed E-state index contributed by atoms with van der Waals surface area (Å²) < 4.78 is 6.63. The lowest BCUT2D eigenvalue weighted by molar-refractivity contribution is -0.0288. The van der Waals surface area contributed by atoms with Crippen LogP contribution in [0.25, 0.3) is 0 Å². The first kappa shape index (κ1) is 41.6. The lowest BCUT2D eigenvalue weighted by atomic mass is 9.47. The summed E-state index contributed by atoms with van der Waals surface area (Å²) in [7, 11) is 0. The Morgan fingerprint density at radius 3 is 1.13 bits per heavy atom. The van der Waals surface area contributed by atoms with Crippen molar-refractivity contribution in [2.24, 2.45) is 57.2 Å². The molecule has 6 rings (SSSR count). The van der Waals surface area contributed by atoms with Crippen molar-refractivity contribution < 1.29 is 4.74 Å². The highest BCUT2D eigenvalue weighted by molar-refractivity contribution is 5.28. The molecule has 0 aromatic rings. The molecule has 4 fully saturated rings. The van der Waals surface area contributed by atoms with E-state index in [4.69, 9.17) is 4.74 Å². The second-order valence-corrected chi connectivity index (χ2v) is 20.0. The van der Waals surface area contributed by atoms with E-state index in [1.54, 1.807) is 0 Å². The maximum Gasteiger partial charge on any atom is 0.0563 e. The van der Waals surface area contributed by atoms with Crippen LogP contribution in [-0.2, 0) is 4.74 Å². The largest absolute Gasteiger partial charge is 0.380 e. The fraction of sp³-hybridized carbons (Fsp3) is 0.846. The van der Waals surface area contributed by atoms with Gasteiger partial charge in [-0.15, -0.1) is 0 Å². The Morgan fingerprint density at radius 1 is 0.453 bits per heavy atom. The van der Waals surface area contributed by atoms with Crippen molar-refractivity contribution in [3.8, 4) is 0 Å². The van der Waals surface area contributed by atoms with Crippen LogP contribution in [0.2, 0.25) is 0 Å². The topological polar surface area (TPSA) is 9.23 Å². The molecule has 0 heterocycles. The number of unbranched alkanes of at least 4 members (excludes halogenated alkanes) is 2. The van der Waals surface area contributed by atoms with Gasteiger partial charge in [0, 0.05) is 22.7 Å². The summed E-state index contributed by atoms with van der Waals surface area (Å²) in [6.07, 6.45) is 61.5. The number of hydrogen-bond acceptors (Lipinski definition) is 1. The summed E-state index contributed by atoms with van der Waals surface area (Å²) >= 11 is 0. The summed E-state index contributed by atoms with van der Waals surface area (Å²) in [5.74, 6) is 4.65. The molecule has 0 aromatic heterocycles. The van der Waals surface area contributed by atoms with Crippen molar-refractivity contribution in [1.29, 1.82) is 0 Å². The summed E-state index contributed by atoms with van der Waals surface area (Å²) in [4.78, 5) is 0. The molecule has 300 valence electrons. The third kappa shape index (κ3) is 9.23. The maximum absolute atomic E-state index is 6.63. The van der Waals surface area contributed by atoms with Crippen molar-refractivity contribution in [2.45, 2.75) is 207 Å². The molecular weight excluding hydrogens is 641 g/mol. The van der Waals surface area contributed by atoms with Crippen LogP contribution in [0.5, 0.6) is 0 Å². The maximum atomic E-state index is 6.63. The fourth-order valence-corrected chi connectivity index (χ4v) is 14.2. The van der Waals surface area contributed by atoms with Gasteiger partial charge in [0.05, 0.1) is 13.2 Å². The van der Waals surface area contributed by atoms with Crippen LogP contribution in [0.1, 0.15) is 207 Å². The Kier molecular flexibility index (Phi) is 15.6. The molecule has 6 aliphatic carbocycles. The van der Waals surface area contributed by atoms with Gasteiger partial charge in [0.1, 0.15) is 0 Å². The van der Waals surface area contributed by atoms with Gasteiger partial charge in [0.25, 0.3) is 0 Å². The van der Waals surface area contributed by atoms with Crippen molar-refractivity contribution in [3.63, 3.8) is 0 Å². The minimum Gasteiger partial charge on any atom is -0.380 e. The molecule has 0 bridgehead atoms. The Morgan fingerprint density at radius 2 is 0.811 bits per heavy atom. The first-order valence-electron chi connectivity index (χ1n) is 24.3. The number of hydrogen-bond donors (Lipinski definition) is 0. The zero-order valence-electron chi connectivity index (χ0n) is 35.7. The number of rotatable bonds is 18. The predicted molar refractivity (Wildman–Crippen MR) is 230 cm³/mol. The third-order valence-corrected chi connectivity index (χ3v) is 17.0. The summed E-state index contributed by atoms with van der Waals surface area (Å²) in [6, 6.07) is 0. The SMILES string of the molecule is CCCCC1CCC(C2(C3(CCC)C=CC(COCC4C=CC(CCC)(C5(C6CCC(CCCC)CC6)CCCCC5)C=C4)C=C3)CCCCC2)CC1. The zero-order chi connectivity index (χ0) is 37.0. The van der Waals surface area contributed by atoms with E-state index in [9.17, 15) is 0 Å². The second kappa shape index (κ2) is 19.9. The van der Waals surface area contributed by atoms with Gasteiger partial charge < -0.3 is 4.74 Å². The smallest absolute Gasteiger partial charge is 0.0563 e. The van der Waals surface area contributed by atoms with Gasteiger partial charge in [-0.25, -0.2) is 0 Å². The van der Waals surface area contributed by atoms with Crippen molar-refractivity contribution >= 4 is 0 Å². The van der Waals surface area contributed by atoms with E-state index in [0.29, 0.717) is 22.7 Å². The quantitative estimate of drug-likeness (QED) is 0.128. The van der Waals surface area contributed by atoms with Crippen molar-refractivity contribution in [2.75, 3.05) is 13.2 Å². The molecule has 0 radical (unpaired) electrons. The van der Waals surface area contributed by atoms with Crippen molar-refractivity contribution in [3.05, 3.63) is 48.6 Å². The van der Waals surface area contributed by atoms with E-state index >= 15 is 0 Å². The van der Waals surface area contributed by atoms with Crippen LogP contribution in [-0.4, -0.2) is 13.2 Å². The Labute approximate surface area is 330 Å². The lowest BCUT2D eigenvalue weighted by Crippen LogP contribution is -2.48. The lowest BCUT2D eigenvalue weighted by Gasteiger charge is -2.57. The minimum atomic E-state index is 0.251. The average molecular weight is 727 g/mol. The van der Waals surface area contributed by atoms with Gasteiger partial charge in [0.15, 0.2) is 0 Å². The molecule has 0 unspecified atom stereocenters. The molecular formula is C52H86O. The molecule has 4 saturated carbocycles. The monoisotopic (exact) mass is 727 g/mol. The molecule has 53 heavy (non-hydrogen) atoms. The van der Waals surface area contributed by atoms with E-state index in [0.717, 1.165) is 36.9 Å². The number of allylic oxidation sites excluding steroid dienone is 4. The molecule has 1 nitrogen and oxygen atoms in total. The summed E-state index contributed by atoms with van der Waals surface area (Å²) in [5.41, 5.74) is 1.45. The van der Waals surface area contributed by atoms with Gasteiger partial charge in [0.2, 0.25) is 0 Å². The first-order valence-corrected chi connectivity index (χ1v) is 24.3. The van der Waals surface area contributed by atoms with Crippen LogP contribution in [0.15, 0.2) is 48.6 Å². The minimum absolute atomic E-state index is 0.251. The Bertz CT molecular complexity index is 1050. The van der Waals surface area contributed by atoms with Crippen LogP contribution >= 0.6 is 0 Å². The van der Waals surface area contributed by atoms with Crippen LogP contribution < -0.4 is 0 Å². The highest BCUT2D eigenvalue weighted by atomic mass is 16.5. The van der Waals surface area contributed by atoms with Crippen LogP contribution in [0.4, 0.5) is 0 Å². The molecule has 0 aromatic carbocycles. The first-order chi connectivity index (χ1) is 26.0. The molecule has 1 heteroatoms. The standard InChI is InChI=1S/C52H86O/c1-5-9-17-43-19-23-47(24-20-43)51(33-13-11-14-34-51)49(31-7-3)37-27-45(28-38-49)41-53-42-46-29-39-50(32-8-4,40-30-46)52(35-15-12-16-36-52)48-25-21-44(22-26-48)18-10-6-2/h27-30,37-40,43-48H,5-26,31-36,41-42H2,1-4H3.